The average molecular weight is 552 g/mol. The van der Waals surface area contributed by atoms with Gasteiger partial charge in [-0.3, -0.25) is 4.79 Å². The summed E-state index contributed by atoms with van der Waals surface area (Å²) >= 11 is 0. The van der Waals surface area contributed by atoms with Crippen molar-refractivity contribution in [3.05, 3.63) is 53.8 Å². The first kappa shape index (κ1) is 27.9. The molecule has 0 N–H and O–H groups in total. The number of nitrogens with zero attached hydrogens (tertiary/aromatic N) is 1. The summed E-state index contributed by atoms with van der Waals surface area (Å²) < 4.78 is 105. The molecule has 2 aromatic carbocycles. The molecular weight excluding hydrogens is 526 g/mol. The second-order valence-electron chi connectivity index (χ2n) is 9.11. The van der Waals surface area contributed by atoms with Gasteiger partial charge in [0.2, 0.25) is 0 Å². The van der Waals surface area contributed by atoms with E-state index in [1.807, 2.05) is 0 Å². The minimum absolute atomic E-state index is 0.0929. The van der Waals surface area contributed by atoms with Gasteiger partial charge in [-0.05, 0) is 69.0 Å². The van der Waals surface area contributed by atoms with Gasteiger partial charge in [-0.1, -0.05) is 6.07 Å². The summed E-state index contributed by atoms with van der Waals surface area (Å²) in [4.78, 5) is 13.7. The van der Waals surface area contributed by atoms with Gasteiger partial charge in [0.15, 0.2) is 19.7 Å². The van der Waals surface area contributed by atoms with Crippen molar-refractivity contribution in [3.63, 3.8) is 0 Å². The highest BCUT2D eigenvalue weighted by atomic mass is 32.2. The monoisotopic (exact) mass is 551 g/mol. The second-order valence-corrected chi connectivity index (χ2v) is 13.6. The Morgan fingerprint density at radius 2 is 1.61 bits per heavy atom. The quantitative estimate of drug-likeness (QED) is 0.499. The molecule has 1 aliphatic rings. The van der Waals surface area contributed by atoms with Gasteiger partial charge in [-0.15, -0.1) is 13.2 Å². The van der Waals surface area contributed by atoms with Crippen LogP contribution in [0.2, 0.25) is 0 Å². The first-order chi connectivity index (χ1) is 16.4. The first-order valence-electron chi connectivity index (χ1n) is 10.8. The third-order valence-electron chi connectivity index (χ3n) is 6.38. The van der Waals surface area contributed by atoms with Gasteiger partial charge in [0, 0.05) is 19.3 Å². The Morgan fingerprint density at radius 3 is 2.14 bits per heavy atom. The van der Waals surface area contributed by atoms with Crippen molar-refractivity contribution in [1.29, 1.82) is 0 Å². The third kappa shape index (κ3) is 5.83. The molecule has 2 aromatic rings. The van der Waals surface area contributed by atoms with Crippen molar-refractivity contribution in [2.24, 2.45) is 5.92 Å². The largest absolute Gasteiger partial charge is 0.573 e. The molecule has 3 rings (SSSR count). The summed E-state index contributed by atoms with van der Waals surface area (Å²) in [6, 6.07) is 7.19. The second kappa shape index (κ2) is 9.66. The molecule has 1 heterocycles. The molecule has 1 amide bonds. The maximum absolute atomic E-state index is 13.6. The highest BCUT2D eigenvalue weighted by Gasteiger charge is 2.44. The van der Waals surface area contributed by atoms with E-state index < -0.39 is 59.1 Å². The number of sulfone groups is 2. The smallest absolute Gasteiger partial charge is 0.406 e. The van der Waals surface area contributed by atoms with Gasteiger partial charge in [-0.25, -0.2) is 21.2 Å². The molecule has 0 bridgehead atoms. The Bertz CT molecular complexity index is 1360. The number of carbonyl (C=O) groups excluding carboxylic acids is 1. The zero-order valence-electron chi connectivity index (χ0n) is 19.7. The van der Waals surface area contributed by atoms with Crippen LogP contribution in [0.1, 0.15) is 37.0 Å². The van der Waals surface area contributed by atoms with E-state index in [0.29, 0.717) is 6.07 Å². The average Bonchev–Trinajstić information content (AvgIpc) is 2.77. The fourth-order valence-corrected chi connectivity index (χ4v) is 6.98. The summed E-state index contributed by atoms with van der Waals surface area (Å²) in [7, 11) is -8.01. The SMILES string of the molecule is CC(C)(C1CCN(C(=O)c2ccc(OC(F)(F)F)cc2S(C)(=O)=O)CC1)S(=O)(=O)c1cccc(F)c1. The van der Waals surface area contributed by atoms with E-state index in [2.05, 4.69) is 4.74 Å². The predicted molar refractivity (Wildman–Crippen MR) is 123 cm³/mol. The highest BCUT2D eigenvalue weighted by Crippen LogP contribution is 2.38. The van der Waals surface area contributed by atoms with Gasteiger partial charge in [-0.2, -0.15) is 0 Å². The molecule has 0 atom stereocenters. The Hall–Kier alpha value is -2.67. The molecule has 0 aliphatic carbocycles. The summed E-state index contributed by atoms with van der Waals surface area (Å²) in [6.07, 6.45) is -3.75. The van der Waals surface area contributed by atoms with Crippen LogP contribution in [0.3, 0.4) is 0 Å². The maximum Gasteiger partial charge on any atom is 0.573 e. The Balaban J connectivity index is 1.81. The number of amides is 1. The summed E-state index contributed by atoms with van der Waals surface area (Å²) in [5.41, 5.74) is -0.308. The minimum atomic E-state index is -5.04. The van der Waals surface area contributed by atoms with E-state index in [9.17, 15) is 39.2 Å². The van der Waals surface area contributed by atoms with E-state index >= 15 is 0 Å². The van der Waals surface area contributed by atoms with E-state index in [1.54, 1.807) is 0 Å². The molecule has 198 valence electrons. The van der Waals surface area contributed by atoms with Crippen LogP contribution in [0.5, 0.6) is 5.75 Å². The summed E-state index contributed by atoms with van der Waals surface area (Å²) in [5.74, 6) is -2.56. The fraction of sp³-hybridized carbons (Fsp3) is 0.435. The van der Waals surface area contributed by atoms with E-state index in [-0.39, 0.29) is 36.4 Å². The van der Waals surface area contributed by atoms with Crippen molar-refractivity contribution in [2.45, 2.75) is 47.6 Å². The van der Waals surface area contributed by atoms with Gasteiger partial charge >= 0.3 is 6.36 Å². The lowest BCUT2D eigenvalue weighted by Gasteiger charge is -2.40. The van der Waals surface area contributed by atoms with Crippen LogP contribution in [-0.4, -0.2) is 58.1 Å². The molecule has 36 heavy (non-hydrogen) atoms. The molecule has 1 fully saturated rings. The lowest BCUT2D eigenvalue weighted by molar-refractivity contribution is -0.274. The van der Waals surface area contributed by atoms with E-state index in [0.717, 1.165) is 30.5 Å². The standard InChI is InChI=1S/C23H25F4NO6S2/c1-22(2,36(32,33)18-6-4-5-16(24)13-18)15-9-11-28(12-10-15)21(29)19-8-7-17(34-23(25,26)27)14-20(19)35(3,30)31/h4-8,13-15H,9-12H2,1-3H3. The molecule has 1 aliphatic heterocycles. The molecule has 0 saturated carbocycles. The van der Waals surface area contributed by atoms with Crippen LogP contribution in [0.15, 0.2) is 52.3 Å². The van der Waals surface area contributed by atoms with Gasteiger partial charge in [0.1, 0.15) is 11.6 Å². The van der Waals surface area contributed by atoms with Crippen LogP contribution < -0.4 is 4.74 Å². The number of halogens is 4. The maximum atomic E-state index is 13.6. The van der Waals surface area contributed by atoms with Crippen molar-refractivity contribution in [1.82, 2.24) is 4.90 Å². The highest BCUT2D eigenvalue weighted by molar-refractivity contribution is 7.92. The molecule has 1 saturated heterocycles. The molecular formula is C23H25F4NO6S2. The Kier molecular flexibility index (Phi) is 7.49. The molecule has 0 unspecified atom stereocenters. The molecule has 13 heteroatoms. The van der Waals surface area contributed by atoms with E-state index in [1.165, 1.54) is 30.9 Å². The molecule has 0 aromatic heterocycles. The number of rotatable bonds is 6. The number of hydrogen-bond donors (Lipinski definition) is 0. The number of piperidine rings is 1. The number of hydrogen-bond acceptors (Lipinski definition) is 6. The van der Waals surface area contributed by atoms with Gasteiger partial charge in [0.05, 0.1) is 20.1 Å². The number of alkyl halides is 3. The van der Waals surface area contributed by atoms with Gasteiger partial charge < -0.3 is 9.64 Å². The van der Waals surface area contributed by atoms with Crippen molar-refractivity contribution in [3.8, 4) is 5.75 Å². The Morgan fingerprint density at radius 1 is 1.00 bits per heavy atom. The number of benzene rings is 2. The van der Waals surface area contributed by atoms with Crippen molar-refractivity contribution in [2.75, 3.05) is 19.3 Å². The fourth-order valence-electron chi connectivity index (χ4n) is 4.29. The zero-order valence-corrected chi connectivity index (χ0v) is 21.3. The number of carbonyl (C=O) groups is 1. The van der Waals surface area contributed by atoms with Crippen LogP contribution in [0.25, 0.3) is 0 Å². The van der Waals surface area contributed by atoms with Crippen LogP contribution >= 0.6 is 0 Å². The van der Waals surface area contributed by atoms with Crippen LogP contribution in [0.4, 0.5) is 17.6 Å². The lowest BCUT2D eigenvalue weighted by atomic mass is 9.85. The topological polar surface area (TPSA) is 97.8 Å². The van der Waals surface area contributed by atoms with Crippen molar-refractivity contribution < 1.29 is 43.9 Å². The molecule has 0 radical (unpaired) electrons. The van der Waals surface area contributed by atoms with Crippen LogP contribution in [0, 0.1) is 11.7 Å². The normalized spacial score (nSPS) is 16.1. The molecule has 0 spiro atoms. The zero-order chi connectivity index (χ0) is 27.1. The van der Waals surface area contributed by atoms with Crippen molar-refractivity contribution >= 4 is 25.6 Å². The first-order valence-corrected chi connectivity index (χ1v) is 14.2. The summed E-state index contributed by atoms with van der Waals surface area (Å²) in [6.45, 7) is 3.26. The number of likely N-dealkylation sites (tertiary alicyclic amines) is 1. The van der Waals surface area contributed by atoms with E-state index in [4.69, 9.17) is 0 Å². The van der Waals surface area contributed by atoms with Crippen LogP contribution in [-0.2, 0) is 19.7 Å². The summed E-state index contributed by atoms with van der Waals surface area (Å²) in [5, 5.41) is 0. The lowest BCUT2D eigenvalue weighted by Crippen LogP contribution is -2.47. The Labute approximate surface area is 206 Å². The third-order valence-corrected chi connectivity index (χ3v) is 10.1. The van der Waals surface area contributed by atoms with Gasteiger partial charge in [0.25, 0.3) is 5.91 Å². The predicted octanol–water partition coefficient (Wildman–Crippen LogP) is 4.23. The molecule has 7 nitrogen and oxygen atoms in total. The number of ether oxygens (including phenoxy) is 1. The minimum Gasteiger partial charge on any atom is -0.406 e.